The third-order valence-electron chi connectivity index (χ3n) is 3.08. The van der Waals surface area contributed by atoms with E-state index in [9.17, 15) is 0 Å². The van der Waals surface area contributed by atoms with E-state index in [1.807, 2.05) is 18.2 Å². The number of nitrogens with two attached hydrogens (primary N) is 1. The fourth-order valence-corrected chi connectivity index (χ4v) is 2.12. The van der Waals surface area contributed by atoms with Crippen molar-refractivity contribution in [1.82, 2.24) is 0 Å². The molecule has 0 unspecified atom stereocenters. The number of halogens is 1. The second kappa shape index (κ2) is 4.62. The maximum Gasteiger partial charge on any atom is 0.120 e. The zero-order chi connectivity index (χ0) is 11.6. The van der Waals surface area contributed by atoms with Crippen molar-refractivity contribution < 1.29 is 9.47 Å². The second-order valence-electron chi connectivity index (χ2n) is 4.33. The van der Waals surface area contributed by atoms with Gasteiger partial charge in [0.15, 0.2) is 0 Å². The highest BCUT2D eigenvalue weighted by Gasteiger charge is 2.37. The summed E-state index contributed by atoms with van der Waals surface area (Å²) in [6, 6.07) is 5.75. The van der Waals surface area contributed by atoms with E-state index in [4.69, 9.17) is 26.8 Å². The minimum atomic E-state index is 0.0816. The summed E-state index contributed by atoms with van der Waals surface area (Å²) in [5, 5.41) is 0.735. The van der Waals surface area contributed by atoms with Gasteiger partial charge in [0.2, 0.25) is 0 Å². The van der Waals surface area contributed by atoms with E-state index >= 15 is 0 Å². The molecular formula is C12H16ClNO2. The van der Waals surface area contributed by atoms with E-state index < -0.39 is 0 Å². The van der Waals surface area contributed by atoms with E-state index in [1.165, 1.54) is 0 Å². The molecule has 0 aliphatic carbocycles. The quantitative estimate of drug-likeness (QED) is 0.875. The fraction of sp³-hybridized carbons (Fsp3) is 0.500. The highest BCUT2D eigenvalue weighted by Crippen LogP contribution is 2.34. The Morgan fingerprint density at radius 3 is 2.69 bits per heavy atom. The van der Waals surface area contributed by atoms with Gasteiger partial charge < -0.3 is 15.2 Å². The van der Waals surface area contributed by atoms with Gasteiger partial charge in [0.25, 0.3) is 0 Å². The van der Waals surface area contributed by atoms with Gasteiger partial charge in [-0.05, 0) is 24.1 Å². The first-order chi connectivity index (χ1) is 7.69. The second-order valence-corrected chi connectivity index (χ2v) is 4.74. The van der Waals surface area contributed by atoms with Gasteiger partial charge in [0.1, 0.15) is 5.75 Å². The molecule has 0 radical (unpaired) electrons. The molecule has 4 heteroatoms. The van der Waals surface area contributed by atoms with Crippen molar-refractivity contribution in [1.29, 1.82) is 0 Å². The average molecular weight is 242 g/mol. The molecule has 88 valence electrons. The van der Waals surface area contributed by atoms with Crippen LogP contribution in [0.15, 0.2) is 18.2 Å². The zero-order valence-corrected chi connectivity index (χ0v) is 10.1. The van der Waals surface area contributed by atoms with Gasteiger partial charge in [-0.2, -0.15) is 0 Å². The first-order valence-electron chi connectivity index (χ1n) is 5.29. The number of methoxy groups -OCH3 is 1. The lowest BCUT2D eigenvalue weighted by Crippen LogP contribution is -2.49. The third kappa shape index (κ3) is 2.17. The van der Waals surface area contributed by atoms with Crippen LogP contribution in [-0.4, -0.2) is 26.9 Å². The highest BCUT2D eigenvalue weighted by molar-refractivity contribution is 6.31. The molecule has 1 saturated heterocycles. The van der Waals surface area contributed by atoms with Gasteiger partial charge in [-0.25, -0.2) is 0 Å². The average Bonchev–Trinajstić information content (AvgIpc) is 2.25. The summed E-state index contributed by atoms with van der Waals surface area (Å²) in [5.74, 6) is 0.778. The number of ether oxygens (including phenoxy) is 2. The van der Waals surface area contributed by atoms with Crippen LogP contribution in [0.5, 0.6) is 5.75 Å². The van der Waals surface area contributed by atoms with Crippen molar-refractivity contribution in [2.75, 3.05) is 26.9 Å². The molecular weight excluding hydrogens is 226 g/mol. The minimum absolute atomic E-state index is 0.0816. The molecule has 2 rings (SSSR count). The van der Waals surface area contributed by atoms with E-state index in [2.05, 4.69) is 0 Å². The van der Waals surface area contributed by atoms with Crippen LogP contribution in [0.4, 0.5) is 0 Å². The summed E-state index contributed by atoms with van der Waals surface area (Å²) < 4.78 is 10.4. The molecule has 0 bridgehead atoms. The van der Waals surface area contributed by atoms with Crippen molar-refractivity contribution >= 4 is 11.6 Å². The van der Waals surface area contributed by atoms with Crippen LogP contribution >= 0.6 is 11.6 Å². The molecule has 1 fully saturated rings. The van der Waals surface area contributed by atoms with Gasteiger partial charge in [-0.3, -0.25) is 0 Å². The van der Waals surface area contributed by atoms with Crippen LogP contribution in [0.2, 0.25) is 5.02 Å². The normalized spacial score (nSPS) is 17.9. The molecule has 0 amide bonds. The summed E-state index contributed by atoms with van der Waals surface area (Å²) in [7, 11) is 1.63. The van der Waals surface area contributed by atoms with Crippen molar-refractivity contribution in [2.45, 2.75) is 6.42 Å². The predicted octanol–water partition coefficient (Wildman–Crippen LogP) is 1.87. The summed E-state index contributed by atoms with van der Waals surface area (Å²) in [6.07, 6.45) is 0.867. The Bertz CT molecular complexity index is 372. The molecule has 0 aromatic heterocycles. The maximum atomic E-state index is 6.19. The number of rotatable bonds is 4. The van der Waals surface area contributed by atoms with E-state index in [1.54, 1.807) is 7.11 Å². The molecule has 1 heterocycles. The van der Waals surface area contributed by atoms with Crippen molar-refractivity contribution in [3.8, 4) is 5.75 Å². The van der Waals surface area contributed by atoms with Crippen LogP contribution in [0.3, 0.4) is 0 Å². The number of benzene rings is 1. The van der Waals surface area contributed by atoms with Gasteiger partial charge in [0.05, 0.1) is 20.3 Å². The van der Waals surface area contributed by atoms with Crippen LogP contribution in [0.25, 0.3) is 0 Å². The summed E-state index contributed by atoms with van der Waals surface area (Å²) in [4.78, 5) is 0. The van der Waals surface area contributed by atoms with Crippen molar-refractivity contribution in [2.24, 2.45) is 11.1 Å². The highest BCUT2D eigenvalue weighted by atomic mass is 35.5. The smallest absolute Gasteiger partial charge is 0.120 e. The van der Waals surface area contributed by atoms with Crippen LogP contribution in [0, 0.1) is 5.41 Å². The van der Waals surface area contributed by atoms with Gasteiger partial charge in [0, 0.05) is 17.0 Å². The van der Waals surface area contributed by atoms with E-state index in [-0.39, 0.29) is 5.41 Å². The largest absolute Gasteiger partial charge is 0.497 e. The Kier molecular flexibility index (Phi) is 3.38. The molecule has 0 spiro atoms. The van der Waals surface area contributed by atoms with Gasteiger partial charge >= 0.3 is 0 Å². The minimum Gasteiger partial charge on any atom is -0.497 e. The Morgan fingerprint density at radius 1 is 1.50 bits per heavy atom. The number of hydrogen-bond acceptors (Lipinski definition) is 3. The summed E-state index contributed by atoms with van der Waals surface area (Å²) >= 11 is 6.19. The molecule has 3 nitrogen and oxygen atoms in total. The molecule has 0 saturated carbocycles. The molecule has 0 atom stereocenters. The lowest BCUT2D eigenvalue weighted by Gasteiger charge is -2.40. The van der Waals surface area contributed by atoms with Crippen LogP contribution in [0.1, 0.15) is 5.56 Å². The van der Waals surface area contributed by atoms with E-state index in [0.717, 1.165) is 36.0 Å². The Hall–Kier alpha value is -0.770. The van der Waals surface area contributed by atoms with Gasteiger partial charge in [-0.15, -0.1) is 0 Å². The van der Waals surface area contributed by atoms with Crippen molar-refractivity contribution in [3.05, 3.63) is 28.8 Å². The standard InChI is InChI=1S/C12H16ClNO2/c1-15-10-3-2-9(11(13)4-10)5-12(6-14)7-16-8-12/h2-4H,5-8,14H2,1H3. The molecule has 1 aliphatic heterocycles. The monoisotopic (exact) mass is 241 g/mol. The molecule has 1 aromatic carbocycles. The predicted molar refractivity (Wildman–Crippen MR) is 64.0 cm³/mol. The Labute approximate surface area is 100 Å². The first-order valence-corrected chi connectivity index (χ1v) is 5.67. The Morgan fingerprint density at radius 2 is 2.25 bits per heavy atom. The third-order valence-corrected chi connectivity index (χ3v) is 3.43. The zero-order valence-electron chi connectivity index (χ0n) is 9.33. The lowest BCUT2D eigenvalue weighted by atomic mass is 9.80. The lowest BCUT2D eigenvalue weighted by molar-refractivity contribution is -0.106. The van der Waals surface area contributed by atoms with Crippen LogP contribution < -0.4 is 10.5 Å². The molecule has 1 aromatic rings. The molecule has 1 aliphatic rings. The first kappa shape index (κ1) is 11.7. The van der Waals surface area contributed by atoms with Gasteiger partial charge in [-0.1, -0.05) is 17.7 Å². The Balaban J connectivity index is 2.15. The maximum absolute atomic E-state index is 6.19. The summed E-state index contributed by atoms with van der Waals surface area (Å²) in [5.41, 5.74) is 6.96. The number of hydrogen-bond donors (Lipinski definition) is 1. The topological polar surface area (TPSA) is 44.5 Å². The van der Waals surface area contributed by atoms with Crippen LogP contribution in [-0.2, 0) is 11.2 Å². The molecule has 16 heavy (non-hydrogen) atoms. The molecule has 2 N–H and O–H groups in total. The fourth-order valence-electron chi connectivity index (χ4n) is 1.89. The SMILES string of the molecule is COc1ccc(CC2(CN)COC2)c(Cl)c1. The van der Waals surface area contributed by atoms with Crippen molar-refractivity contribution in [3.63, 3.8) is 0 Å². The van der Waals surface area contributed by atoms with E-state index in [0.29, 0.717) is 6.54 Å². The summed E-state index contributed by atoms with van der Waals surface area (Å²) in [6.45, 7) is 2.09.